The molecule has 2 nitrogen and oxygen atoms in total. The van der Waals surface area contributed by atoms with E-state index in [1.165, 1.54) is 11.1 Å². The highest BCUT2D eigenvalue weighted by Gasteiger charge is 2.17. The summed E-state index contributed by atoms with van der Waals surface area (Å²) < 4.78 is 0. The summed E-state index contributed by atoms with van der Waals surface area (Å²) in [5.74, 6) is 1.25. The third kappa shape index (κ3) is 5.64. The van der Waals surface area contributed by atoms with Crippen molar-refractivity contribution in [1.29, 1.82) is 0 Å². The summed E-state index contributed by atoms with van der Waals surface area (Å²) in [6.07, 6.45) is -0.395. The van der Waals surface area contributed by atoms with Gasteiger partial charge in [0, 0.05) is 19.6 Å². The lowest BCUT2D eigenvalue weighted by molar-refractivity contribution is 0.0983. The molecule has 0 aromatic heterocycles. The molecule has 1 atom stereocenters. The molecule has 1 aromatic carbocycles. The van der Waals surface area contributed by atoms with Crippen LogP contribution in [0.3, 0.4) is 0 Å². The second kappa shape index (κ2) is 7.80. The summed E-state index contributed by atoms with van der Waals surface area (Å²) in [6, 6.07) is 6.30. The molecular weight excluding hydrogens is 246 g/mol. The van der Waals surface area contributed by atoms with Crippen LogP contribution in [0.5, 0.6) is 0 Å². The summed E-state index contributed by atoms with van der Waals surface area (Å²) in [6.45, 7) is 15.9. The summed E-state index contributed by atoms with van der Waals surface area (Å²) in [5.41, 5.74) is 3.50. The molecule has 0 saturated heterocycles. The van der Waals surface area contributed by atoms with E-state index in [4.69, 9.17) is 0 Å². The maximum Gasteiger partial charge on any atom is 0.0919 e. The van der Waals surface area contributed by atoms with Gasteiger partial charge in [-0.3, -0.25) is 4.90 Å². The van der Waals surface area contributed by atoms with Crippen molar-refractivity contribution in [2.24, 2.45) is 11.8 Å². The number of aryl methyl sites for hydroxylation is 2. The Hall–Kier alpha value is -0.860. The number of nitrogens with zero attached hydrogens (tertiary/aromatic N) is 1. The van der Waals surface area contributed by atoms with Crippen molar-refractivity contribution in [2.75, 3.05) is 19.6 Å². The molecule has 2 heteroatoms. The van der Waals surface area contributed by atoms with Crippen LogP contribution >= 0.6 is 0 Å². The number of aliphatic hydroxyl groups excluding tert-OH is 1. The second-order valence-electron chi connectivity index (χ2n) is 6.88. The van der Waals surface area contributed by atoms with E-state index < -0.39 is 6.10 Å². The molecule has 1 rings (SSSR count). The van der Waals surface area contributed by atoms with Crippen LogP contribution in [0.15, 0.2) is 18.2 Å². The van der Waals surface area contributed by atoms with Crippen molar-refractivity contribution in [3.63, 3.8) is 0 Å². The van der Waals surface area contributed by atoms with Gasteiger partial charge in [0.05, 0.1) is 6.10 Å². The number of hydrogen-bond donors (Lipinski definition) is 1. The van der Waals surface area contributed by atoms with Gasteiger partial charge in [-0.15, -0.1) is 0 Å². The predicted molar refractivity (Wildman–Crippen MR) is 87.0 cm³/mol. The zero-order chi connectivity index (χ0) is 15.3. The Bertz CT molecular complexity index is 402. The predicted octanol–water partition coefficient (Wildman–Crippen LogP) is 3.95. The monoisotopic (exact) mass is 277 g/mol. The van der Waals surface area contributed by atoms with Crippen LogP contribution in [-0.2, 0) is 0 Å². The first-order chi connectivity index (χ1) is 9.29. The Kier molecular flexibility index (Phi) is 6.70. The Morgan fingerprint density at radius 2 is 1.50 bits per heavy atom. The smallest absolute Gasteiger partial charge is 0.0919 e. The maximum atomic E-state index is 10.5. The van der Waals surface area contributed by atoms with Gasteiger partial charge in [-0.05, 0) is 36.8 Å². The van der Waals surface area contributed by atoms with Crippen molar-refractivity contribution in [3.8, 4) is 0 Å². The van der Waals surface area contributed by atoms with E-state index in [9.17, 15) is 5.11 Å². The van der Waals surface area contributed by atoms with E-state index in [1.807, 2.05) is 0 Å². The molecule has 0 radical (unpaired) electrons. The van der Waals surface area contributed by atoms with Gasteiger partial charge in [0.15, 0.2) is 0 Å². The number of rotatable bonds is 7. The zero-order valence-electron chi connectivity index (χ0n) is 14.0. The molecule has 0 saturated carbocycles. The minimum Gasteiger partial charge on any atom is -0.387 e. The van der Waals surface area contributed by atoms with Gasteiger partial charge in [0.1, 0.15) is 0 Å². The lowest BCUT2D eigenvalue weighted by atomic mass is 10.00. The largest absolute Gasteiger partial charge is 0.387 e. The molecule has 0 aliphatic rings. The Balaban J connectivity index is 2.75. The SMILES string of the molecule is Cc1ccc(C(O)CN(CC(C)C)CC(C)C)c(C)c1. The van der Waals surface area contributed by atoms with Gasteiger partial charge in [-0.2, -0.15) is 0 Å². The molecule has 0 aliphatic heterocycles. The fraction of sp³-hybridized carbons (Fsp3) is 0.667. The van der Waals surface area contributed by atoms with Crippen LogP contribution in [0, 0.1) is 25.7 Å². The van der Waals surface area contributed by atoms with Crippen molar-refractivity contribution in [2.45, 2.75) is 47.6 Å². The molecule has 0 bridgehead atoms. The highest BCUT2D eigenvalue weighted by atomic mass is 16.3. The third-order valence-corrected chi connectivity index (χ3v) is 3.46. The molecule has 0 spiro atoms. The molecule has 0 fully saturated rings. The zero-order valence-corrected chi connectivity index (χ0v) is 14.0. The van der Waals surface area contributed by atoms with Crippen LogP contribution in [0.1, 0.15) is 50.5 Å². The Morgan fingerprint density at radius 1 is 0.950 bits per heavy atom. The molecule has 1 aromatic rings. The van der Waals surface area contributed by atoms with Crippen LogP contribution < -0.4 is 0 Å². The minimum atomic E-state index is -0.395. The molecule has 0 heterocycles. The topological polar surface area (TPSA) is 23.5 Å². The fourth-order valence-electron chi connectivity index (χ4n) is 2.80. The Labute approximate surface area is 124 Å². The first-order valence-corrected chi connectivity index (χ1v) is 7.77. The lowest BCUT2D eigenvalue weighted by Gasteiger charge is -2.29. The highest BCUT2D eigenvalue weighted by molar-refractivity contribution is 5.32. The van der Waals surface area contributed by atoms with Crippen molar-refractivity contribution >= 4 is 0 Å². The first-order valence-electron chi connectivity index (χ1n) is 7.77. The summed E-state index contributed by atoms with van der Waals surface area (Å²) in [5, 5.41) is 10.5. The Morgan fingerprint density at radius 3 is 1.95 bits per heavy atom. The van der Waals surface area contributed by atoms with E-state index in [1.54, 1.807) is 0 Å². The fourth-order valence-corrected chi connectivity index (χ4v) is 2.80. The number of aliphatic hydroxyl groups is 1. The van der Waals surface area contributed by atoms with Gasteiger partial charge < -0.3 is 5.11 Å². The lowest BCUT2D eigenvalue weighted by Crippen LogP contribution is -2.35. The summed E-state index contributed by atoms with van der Waals surface area (Å²) in [4.78, 5) is 2.39. The molecular formula is C18H31NO. The van der Waals surface area contributed by atoms with E-state index in [-0.39, 0.29) is 0 Å². The third-order valence-electron chi connectivity index (χ3n) is 3.46. The number of hydrogen-bond acceptors (Lipinski definition) is 2. The van der Waals surface area contributed by atoms with Gasteiger partial charge in [0.25, 0.3) is 0 Å². The van der Waals surface area contributed by atoms with Gasteiger partial charge >= 0.3 is 0 Å². The minimum absolute atomic E-state index is 0.395. The van der Waals surface area contributed by atoms with E-state index in [0.29, 0.717) is 11.8 Å². The summed E-state index contributed by atoms with van der Waals surface area (Å²) in [7, 11) is 0. The molecule has 0 aliphatic carbocycles. The van der Waals surface area contributed by atoms with Crippen LogP contribution in [0.4, 0.5) is 0 Å². The van der Waals surface area contributed by atoms with Crippen molar-refractivity contribution < 1.29 is 5.11 Å². The average Bonchev–Trinajstić information content (AvgIpc) is 2.26. The van der Waals surface area contributed by atoms with Crippen molar-refractivity contribution in [1.82, 2.24) is 4.90 Å². The molecule has 114 valence electrons. The first kappa shape index (κ1) is 17.2. The van der Waals surface area contributed by atoms with Gasteiger partial charge in [-0.25, -0.2) is 0 Å². The second-order valence-corrected chi connectivity index (χ2v) is 6.88. The normalized spacial score (nSPS) is 13.5. The van der Waals surface area contributed by atoms with Crippen LogP contribution in [-0.4, -0.2) is 29.6 Å². The standard InChI is InChI=1S/C18H31NO/c1-13(2)10-19(11-14(3)4)12-18(20)17-8-7-15(5)9-16(17)6/h7-9,13-14,18,20H,10-12H2,1-6H3. The van der Waals surface area contributed by atoms with Gasteiger partial charge in [0.2, 0.25) is 0 Å². The van der Waals surface area contributed by atoms with Crippen LogP contribution in [0.25, 0.3) is 0 Å². The van der Waals surface area contributed by atoms with E-state index >= 15 is 0 Å². The maximum absolute atomic E-state index is 10.5. The summed E-state index contributed by atoms with van der Waals surface area (Å²) >= 11 is 0. The molecule has 20 heavy (non-hydrogen) atoms. The average molecular weight is 277 g/mol. The highest BCUT2D eigenvalue weighted by Crippen LogP contribution is 2.20. The van der Waals surface area contributed by atoms with E-state index in [0.717, 1.165) is 25.2 Å². The van der Waals surface area contributed by atoms with Crippen molar-refractivity contribution in [3.05, 3.63) is 34.9 Å². The molecule has 1 unspecified atom stereocenters. The number of benzene rings is 1. The molecule has 1 N–H and O–H groups in total. The van der Waals surface area contributed by atoms with E-state index in [2.05, 4.69) is 64.6 Å². The molecule has 0 amide bonds. The quantitative estimate of drug-likeness (QED) is 0.815. The van der Waals surface area contributed by atoms with Crippen LogP contribution in [0.2, 0.25) is 0 Å². The van der Waals surface area contributed by atoms with Gasteiger partial charge in [-0.1, -0.05) is 51.5 Å².